The molecule has 3 rings (SSSR count). The fraction of sp³-hybridized carbons (Fsp3) is 0.500. The first kappa shape index (κ1) is 14.3. The molecular weight excluding hydrogens is 336 g/mol. The zero-order chi connectivity index (χ0) is 15.1. The van der Waals surface area contributed by atoms with Crippen LogP contribution in [0, 0.1) is 5.92 Å². The van der Waals surface area contributed by atoms with Gasteiger partial charge in [-0.25, -0.2) is 4.98 Å². The molecule has 0 bridgehead atoms. The van der Waals surface area contributed by atoms with Crippen LogP contribution in [-0.4, -0.2) is 38.9 Å². The highest BCUT2D eigenvalue weighted by Gasteiger charge is 2.30. The number of carboxylic acid groups (broad SMARTS) is 1. The molecule has 3 heterocycles. The lowest BCUT2D eigenvalue weighted by Crippen LogP contribution is -2.23. The van der Waals surface area contributed by atoms with Gasteiger partial charge >= 0.3 is 5.97 Å². The number of nitrogens with zero attached hydrogens (tertiary/aromatic N) is 4. The summed E-state index contributed by atoms with van der Waals surface area (Å²) in [5, 5.41) is 14.8. The van der Waals surface area contributed by atoms with E-state index in [1.54, 1.807) is 6.20 Å². The Morgan fingerprint density at radius 1 is 1.52 bits per heavy atom. The van der Waals surface area contributed by atoms with Crippen LogP contribution < -0.4 is 4.90 Å². The zero-order valence-corrected chi connectivity index (χ0v) is 13.5. The Hall–Kier alpha value is -1.63. The number of aliphatic carboxylic acids is 1. The summed E-state index contributed by atoms with van der Waals surface area (Å²) in [7, 11) is 0. The Labute approximate surface area is 130 Å². The number of carboxylic acids is 1. The van der Waals surface area contributed by atoms with Gasteiger partial charge in [0.15, 0.2) is 5.82 Å². The van der Waals surface area contributed by atoms with Crippen molar-refractivity contribution in [2.75, 3.05) is 18.0 Å². The maximum Gasteiger partial charge on any atom is 0.308 e. The molecule has 112 valence electrons. The second kappa shape index (κ2) is 5.29. The first-order valence-corrected chi connectivity index (χ1v) is 7.78. The summed E-state index contributed by atoms with van der Waals surface area (Å²) in [6, 6.07) is 2.18. The monoisotopic (exact) mass is 352 g/mol. The molecular formula is C14H17BrN4O2. The van der Waals surface area contributed by atoms with E-state index in [0.29, 0.717) is 13.0 Å². The largest absolute Gasteiger partial charge is 0.481 e. The fourth-order valence-corrected chi connectivity index (χ4v) is 3.09. The number of hydrogen-bond acceptors (Lipinski definition) is 4. The third-order valence-electron chi connectivity index (χ3n) is 3.87. The van der Waals surface area contributed by atoms with E-state index >= 15 is 0 Å². The summed E-state index contributed by atoms with van der Waals surface area (Å²) in [4.78, 5) is 17.5. The second-order valence-corrected chi connectivity index (χ2v) is 6.47. The molecule has 6 nitrogen and oxygen atoms in total. The average Bonchev–Trinajstić information content (AvgIpc) is 3.01. The average molecular weight is 353 g/mol. The molecule has 1 saturated heterocycles. The summed E-state index contributed by atoms with van der Waals surface area (Å²) in [5.41, 5.74) is 1.01. The minimum Gasteiger partial charge on any atom is -0.481 e. The van der Waals surface area contributed by atoms with Crippen LogP contribution in [0.2, 0.25) is 0 Å². The van der Waals surface area contributed by atoms with Crippen molar-refractivity contribution in [3.63, 3.8) is 0 Å². The first-order chi connectivity index (χ1) is 9.97. The quantitative estimate of drug-likeness (QED) is 0.859. The van der Waals surface area contributed by atoms with Gasteiger partial charge in [0.2, 0.25) is 0 Å². The molecule has 1 unspecified atom stereocenters. The maximum atomic E-state index is 11.1. The number of hydrogen-bond donors (Lipinski definition) is 1. The number of anilines is 1. The van der Waals surface area contributed by atoms with E-state index in [9.17, 15) is 4.79 Å². The lowest BCUT2D eigenvalue weighted by atomic mass is 10.1. The zero-order valence-electron chi connectivity index (χ0n) is 12.0. The number of pyridine rings is 1. The minimum absolute atomic E-state index is 0.230. The van der Waals surface area contributed by atoms with Gasteiger partial charge in [-0.05, 0) is 42.3 Å². The highest BCUT2D eigenvalue weighted by atomic mass is 79.9. The molecule has 0 spiro atoms. The molecule has 0 amide bonds. The molecule has 7 heteroatoms. The van der Waals surface area contributed by atoms with Crippen LogP contribution in [0.4, 0.5) is 5.82 Å². The number of aromatic nitrogens is 3. The number of carbonyl (C=O) groups is 1. The molecule has 1 atom stereocenters. The number of halogens is 1. The smallest absolute Gasteiger partial charge is 0.308 e. The first-order valence-electron chi connectivity index (χ1n) is 6.99. The SMILES string of the molecule is CC(C)n1nc(N2CCC(C(=O)O)C2)c2cnc(Br)cc21. The van der Waals surface area contributed by atoms with E-state index in [4.69, 9.17) is 10.2 Å². The normalized spacial score (nSPS) is 18.9. The van der Waals surface area contributed by atoms with Gasteiger partial charge in [0.05, 0.1) is 16.8 Å². The van der Waals surface area contributed by atoms with Crippen molar-refractivity contribution in [1.82, 2.24) is 14.8 Å². The van der Waals surface area contributed by atoms with Gasteiger partial charge < -0.3 is 10.0 Å². The van der Waals surface area contributed by atoms with E-state index < -0.39 is 5.97 Å². The summed E-state index contributed by atoms with van der Waals surface area (Å²) in [5.74, 6) is -0.207. The summed E-state index contributed by atoms with van der Waals surface area (Å²) in [6.07, 6.45) is 2.46. The van der Waals surface area contributed by atoms with Gasteiger partial charge in [-0.1, -0.05) is 0 Å². The molecule has 21 heavy (non-hydrogen) atoms. The van der Waals surface area contributed by atoms with Crippen LogP contribution in [0.25, 0.3) is 10.9 Å². The molecule has 0 aromatic carbocycles. The second-order valence-electron chi connectivity index (χ2n) is 5.66. The van der Waals surface area contributed by atoms with Gasteiger partial charge in [-0.3, -0.25) is 9.48 Å². The molecule has 2 aromatic heterocycles. The minimum atomic E-state index is -0.731. The Balaban J connectivity index is 2.05. The standard InChI is InChI=1S/C14H17BrN4O2/c1-8(2)19-11-5-12(15)16-6-10(11)13(17-19)18-4-3-9(7-18)14(20)21/h5-6,8-9H,3-4,7H2,1-2H3,(H,20,21). The predicted octanol–water partition coefficient (Wildman–Crippen LogP) is 2.69. The highest BCUT2D eigenvalue weighted by molar-refractivity contribution is 9.10. The van der Waals surface area contributed by atoms with Crippen molar-refractivity contribution in [1.29, 1.82) is 0 Å². The van der Waals surface area contributed by atoms with Crippen LogP contribution >= 0.6 is 15.9 Å². The van der Waals surface area contributed by atoms with Crippen molar-refractivity contribution < 1.29 is 9.90 Å². The fourth-order valence-electron chi connectivity index (χ4n) is 2.77. The highest BCUT2D eigenvalue weighted by Crippen LogP contribution is 2.32. The van der Waals surface area contributed by atoms with Crippen molar-refractivity contribution in [3.8, 4) is 0 Å². The maximum absolute atomic E-state index is 11.1. The Morgan fingerprint density at radius 2 is 2.29 bits per heavy atom. The molecule has 0 radical (unpaired) electrons. The van der Waals surface area contributed by atoms with Gasteiger partial charge in [0.25, 0.3) is 0 Å². The van der Waals surface area contributed by atoms with Crippen LogP contribution in [0.1, 0.15) is 26.3 Å². The Morgan fingerprint density at radius 3 is 2.90 bits per heavy atom. The van der Waals surface area contributed by atoms with Crippen LogP contribution in [0.15, 0.2) is 16.9 Å². The Bertz CT molecular complexity index is 698. The van der Waals surface area contributed by atoms with Crippen LogP contribution in [0.3, 0.4) is 0 Å². The van der Waals surface area contributed by atoms with Crippen LogP contribution in [0.5, 0.6) is 0 Å². The third-order valence-corrected chi connectivity index (χ3v) is 4.30. The molecule has 1 N–H and O–H groups in total. The van der Waals surface area contributed by atoms with E-state index in [2.05, 4.69) is 39.7 Å². The van der Waals surface area contributed by atoms with E-state index in [1.807, 2.05) is 10.7 Å². The number of rotatable bonds is 3. The predicted molar refractivity (Wildman–Crippen MR) is 83.6 cm³/mol. The van der Waals surface area contributed by atoms with Gasteiger partial charge in [-0.15, -0.1) is 0 Å². The summed E-state index contributed by atoms with van der Waals surface area (Å²) >= 11 is 3.39. The van der Waals surface area contributed by atoms with Gasteiger partial charge in [-0.2, -0.15) is 5.10 Å². The molecule has 0 saturated carbocycles. The van der Waals surface area contributed by atoms with Crippen molar-refractivity contribution in [3.05, 3.63) is 16.9 Å². The number of fused-ring (bicyclic) bond motifs is 1. The van der Waals surface area contributed by atoms with E-state index in [1.165, 1.54) is 0 Å². The summed E-state index contributed by atoms with van der Waals surface area (Å²) < 4.78 is 2.73. The van der Waals surface area contributed by atoms with Crippen molar-refractivity contribution >= 4 is 38.6 Å². The van der Waals surface area contributed by atoms with Crippen molar-refractivity contribution in [2.24, 2.45) is 5.92 Å². The lowest BCUT2D eigenvalue weighted by molar-refractivity contribution is -0.140. The lowest BCUT2D eigenvalue weighted by Gasteiger charge is -2.15. The molecule has 1 fully saturated rings. The van der Waals surface area contributed by atoms with E-state index in [0.717, 1.165) is 27.9 Å². The molecule has 1 aliphatic heterocycles. The topological polar surface area (TPSA) is 71.2 Å². The molecule has 1 aliphatic rings. The van der Waals surface area contributed by atoms with E-state index in [-0.39, 0.29) is 12.0 Å². The molecule has 2 aromatic rings. The van der Waals surface area contributed by atoms with Crippen LogP contribution in [-0.2, 0) is 4.79 Å². The summed E-state index contributed by atoms with van der Waals surface area (Å²) in [6.45, 7) is 5.38. The molecule has 0 aliphatic carbocycles. The van der Waals surface area contributed by atoms with Gasteiger partial charge in [0.1, 0.15) is 4.60 Å². The Kier molecular flexibility index (Phi) is 3.61. The van der Waals surface area contributed by atoms with Crippen molar-refractivity contribution in [2.45, 2.75) is 26.3 Å². The third kappa shape index (κ3) is 2.50. The van der Waals surface area contributed by atoms with Gasteiger partial charge in [0, 0.05) is 25.3 Å².